The van der Waals surface area contributed by atoms with E-state index in [-0.39, 0.29) is 18.0 Å². The second-order valence-corrected chi connectivity index (χ2v) is 9.42. The van der Waals surface area contributed by atoms with Crippen molar-refractivity contribution in [3.63, 3.8) is 0 Å². The molecule has 33 heavy (non-hydrogen) atoms. The summed E-state index contributed by atoms with van der Waals surface area (Å²) < 4.78 is 0. The maximum absolute atomic E-state index is 13.2. The highest BCUT2D eigenvalue weighted by Crippen LogP contribution is 2.30. The van der Waals surface area contributed by atoms with Crippen LogP contribution in [0.25, 0.3) is 0 Å². The standard InChI is InChI=1S/C27H36N4O2/c1-21-7-6-8-24(19-21)25-9-4-3-5-14-31(25)27(33)28-20-22-10-12-23(13-11-22)26(32)30-17-15-29(2)16-18-30/h6-8,10-13,19,25H,3-5,9,14-18,20H2,1-2H3,(H,28,33). The summed E-state index contributed by atoms with van der Waals surface area (Å²) in [4.78, 5) is 32.1. The van der Waals surface area contributed by atoms with Crippen molar-refractivity contribution in [1.82, 2.24) is 20.0 Å². The fourth-order valence-corrected chi connectivity index (χ4v) is 4.81. The minimum absolute atomic E-state index is 0.0130. The smallest absolute Gasteiger partial charge is 0.318 e. The topological polar surface area (TPSA) is 55.9 Å². The fourth-order valence-electron chi connectivity index (χ4n) is 4.81. The average Bonchev–Trinajstić information content (AvgIpc) is 3.09. The van der Waals surface area contributed by atoms with E-state index in [4.69, 9.17) is 0 Å². The Morgan fingerprint density at radius 3 is 2.42 bits per heavy atom. The van der Waals surface area contributed by atoms with Crippen LogP contribution < -0.4 is 5.32 Å². The molecule has 2 aliphatic rings. The molecule has 0 radical (unpaired) electrons. The monoisotopic (exact) mass is 448 g/mol. The Labute approximate surface area is 197 Å². The van der Waals surface area contributed by atoms with Gasteiger partial charge in [0, 0.05) is 44.8 Å². The Bertz CT molecular complexity index is 951. The van der Waals surface area contributed by atoms with Crippen LogP contribution in [0.4, 0.5) is 4.79 Å². The van der Waals surface area contributed by atoms with Crippen molar-refractivity contribution in [1.29, 1.82) is 0 Å². The van der Waals surface area contributed by atoms with Gasteiger partial charge in [-0.1, -0.05) is 54.8 Å². The predicted molar refractivity (Wildman–Crippen MR) is 131 cm³/mol. The Morgan fingerprint density at radius 1 is 0.939 bits per heavy atom. The molecule has 1 unspecified atom stereocenters. The first-order valence-corrected chi connectivity index (χ1v) is 12.2. The van der Waals surface area contributed by atoms with Gasteiger partial charge in [-0.15, -0.1) is 0 Å². The van der Waals surface area contributed by atoms with E-state index in [1.165, 1.54) is 11.1 Å². The van der Waals surface area contributed by atoms with E-state index < -0.39 is 0 Å². The van der Waals surface area contributed by atoms with E-state index >= 15 is 0 Å². The van der Waals surface area contributed by atoms with Crippen molar-refractivity contribution in [3.05, 3.63) is 70.8 Å². The lowest BCUT2D eigenvalue weighted by Gasteiger charge is -2.32. The Kier molecular flexibility index (Phi) is 7.65. The van der Waals surface area contributed by atoms with Gasteiger partial charge in [0.1, 0.15) is 0 Å². The molecule has 6 nitrogen and oxygen atoms in total. The number of amides is 3. The summed E-state index contributed by atoms with van der Waals surface area (Å²) in [5, 5.41) is 3.11. The third-order valence-corrected chi connectivity index (χ3v) is 6.88. The van der Waals surface area contributed by atoms with E-state index in [0.717, 1.165) is 64.0 Å². The highest BCUT2D eigenvalue weighted by atomic mass is 16.2. The van der Waals surface area contributed by atoms with Gasteiger partial charge in [-0.05, 0) is 50.1 Å². The quantitative estimate of drug-likeness (QED) is 0.762. The van der Waals surface area contributed by atoms with Gasteiger partial charge < -0.3 is 20.0 Å². The molecule has 2 aromatic rings. The number of rotatable bonds is 4. The first kappa shape index (κ1) is 23.3. The van der Waals surface area contributed by atoms with Gasteiger partial charge in [0.25, 0.3) is 5.91 Å². The molecule has 0 saturated carbocycles. The molecule has 1 N–H and O–H groups in total. The van der Waals surface area contributed by atoms with Crippen LogP contribution in [0.15, 0.2) is 48.5 Å². The first-order valence-electron chi connectivity index (χ1n) is 12.2. The molecule has 1 atom stereocenters. The zero-order valence-electron chi connectivity index (χ0n) is 19.9. The molecule has 6 heteroatoms. The number of likely N-dealkylation sites (N-methyl/N-ethyl adjacent to an activating group) is 1. The summed E-state index contributed by atoms with van der Waals surface area (Å²) in [6.45, 7) is 6.70. The number of hydrogen-bond donors (Lipinski definition) is 1. The highest BCUT2D eigenvalue weighted by molar-refractivity contribution is 5.94. The number of carbonyl (C=O) groups is 2. The van der Waals surface area contributed by atoms with Crippen LogP contribution in [-0.2, 0) is 6.54 Å². The number of carbonyl (C=O) groups excluding carboxylic acids is 2. The van der Waals surface area contributed by atoms with Crippen LogP contribution in [0, 0.1) is 6.92 Å². The molecule has 2 aliphatic heterocycles. The number of benzene rings is 2. The van der Waals surface area contributed by atoms with Crippen LogP contribution in [0.3, 0.4) is 0 Å². The van der Waals surface area contributed by atoms with Gasteiger partial charge in [0.15, 0.2) is 0 Å². The van der Waals surface area contributed by atoms with Crippen molar-refractivity contribution in [2.75, 3.05) is 39.8 Å². The zero-order chi connectivity index (χ0) is 23.2. The minimum Gasteiger partial charge on any atom is -0.336 e. The van der Waals surface area contributed by atoms with E-state index in [1.54, 1.807) is 0 Å². The van der Waals surface area contributed by atoms with E-state index in [9.17, 15) is 9.59 Å². The molecule has 2 heterocycles. The van der Waals surface area contributed by atoms with Gasteiger partial charge in [0.2, 0.25) is 0 Å². The van der Waals surface area contributed by atoms with Crippen molar-refractivity contribution in [2.45, 2.75) is 45.2 Å². The number of nitrogens with zero attached hydrogens (tertiary/aromatic N) is 3. The van der Waals surface area contributed by atoms with Gasteiger partial charge in [-0.3, -0.25) is 4.79 Å². The SMILES string of the molecule is Cc1cccc(C2CCCCCN2C(=O)NCc2ccc(C(=O)N3CCN(C)CC3)cc2)c1. The summed E-state index contributed by atoms with van der Waals surface area (Å²) in [6.07, 6.45) is 4.35. The molecule has 2 fully saturated rings. The zero-order valence-corrected chi connectivity index (χ0v) is 19.9. The van der Waals surface area contributed by atoms with Crippen molar-refractivity contribution < 1.29 is 9.59 Å². The fraction of sp³-hybridized carbons (Fsp3) is 0.481. The lowest BCUT2D eigenvalue weighted by atomic mass is 9.99. The molecule has 3 amide bonds. The number of piperazine rings is 1. The van der Waals surface area contributed by atoms with Gasteiger partial charge in [0.05, 0.1) is 6.04 Å². The molecule has 4 rings (SSSR count). The van der Waals surface area contributed by atoms with Crippen LogP contribution in [0.1, 0.15) is 58.8 Å². The van der Waals surface area contributed by atoms with E-state index in [2.05, 4.69) is 48.5 Å². The third-order valence-electron chi connectivity index (χ3n) is 6.88. The summed E-state index contributed by atoms with van der Waals surface area (Å²) in [6, 6.07) is 16.3. The number of urea groups is 1. The van der Waals surface area contributed by atoms with E-state index in [1.807, 2.05) is 34.1 Å². The lowest BCUT2D eigenvalue weighted by molar-refractivity contribution is 0.0664. The average molecular weight is 449 g/mol. The molecule has 0 aliphatic carbocycles. The van der Waals surface area contributed by atoms with Gasteiger partial charge >= 0.3 is 6.03 Å². The largest absolute Gasteiger partial charge is 0.336 e. The van der Waals surface area contributed by atoms with Crippen LogP contribution in [0.2, 0.25) is 0 Å². The molecule has 0 aromatic heterocycles. The molecule has 0 spiro atoms. The maximum Gasteiger partial charge on any atom is 0.318 e. The Hall–Kier alpha value is -2.86. The summed E-state index contributed by atoms with van der Waals surface area (Å²) in [7, 11) is 2.08. The minimum atomic E-state index is -0.0130. The maximum atomic E-state index is 13.2. The highest BCUT2D eigenvalue weighted by Gasteiger charge is 2.27. The van der Waals surface area contributed by atoms with Crippen molar-refractivity contribution in [2.24, 2.45) is 0 Å². The van der Waals surface area contributed by atoms with Gasteiger partial charge in [-0.2, -0.15) is 0 Å². The van der Waals surface area contributed by atoms with Crippen LogP contribution in [0.5, 0.6) is 0 Å². The van der Waals surface area contributed by atoms with Gasteiger partial charge in [-0.25, -0.2) is 4.79 Å². The number of aryl methyl sites for hydroxylation is 1. The summed E-state index contributed by atoms with van der Waals surface area (Å²) >= 11 is 0. The molecule has 176 valence electrons. The van der Waals surface area contributed by atoms with E-state index in [0.29, 0.717) is 12.1 Å². The Morgan fingerprint density at radius 2 is 1.70 bits per heavy atom. The predicted octanol–water partition coefficient (Wildman–Crippen LogP) is 4.21. The van der Waals surface area contributed by atoms with Crippen LogP contribution >= 0.6 is 0 Å². The van der Waals surface area contributed by atoms with Crippen molar-refractivity contribution in [3.8, 4) is 0 Å². The number of likely N-dealkylation sites (tertiary alicyclic amines) is 1. The van der Waals surface area contributed by atoms with Crippen LogP contribution in [-0.4, -0.2) is 66.4 Å². The molecular weight excluding hydrogens is 412 g/mol. The Balaban J connectivity index is 1.36. The molecule has 2 saturated heterocycles. The number of nitrogens with one attached hydrogen (secondary N) is 1. The third kappa shape index (κ3) is 5.93. The second kappa shape index (κ2) is 10.8. The molecular formula is C27H36N4O2. The summed E-state index contributed by atoms with van der Waals surface area (Å²) in [5.74, 6) is 0.0873. The molecule has 0 bridgehead atoms. The molecule has 2 aromatic carbocycles. The normalized spacial score (nSPS) is 19.8. The first-order chi connectivity index (χ1) is 16.0. The lowest BCUT2D eigenvalue weighted by Crippen LogP contribution is -2.47. The summed E-state index contributed by atoms with van der Waals surface area (Å²) in [5.41, 5.74) is 4.16. The van der Waals surface area contributed by atoms with Crippen molar-refractivity contribution >= 4 is 11.9 Å². The number of hydrogen-bond acceptors (Lipinski definition) is 3. The second-order valence-electron chi connectivity index (χ2n) is 9.42.